The minimum Gasteiger partial charge on any atom is -0.508 e. The number of aromatic hydroxyl groups is 1. The molecular weight excluding hydrogens is 230 g/mol. The van der Waals surface area contributed by atoms with Crippen LogP contribution in [0.1, 0.15) is 0 Å². The van der Waals surface area contributed by atoms with E-state index in [0.29, 0.717) is 16.7 Å². The normalized spacial score (nSPS) is 10.7. The number of nitrogens with zero attached hydrogens (tertiary/aromatic N) is 2. The van der Waals surface area contributed by atoms with Gasteiger partial charge in [0.05, 0.1) is 0 Å². The van der Waals surface area contributed by atoms with Crippen molar-refractivity contribution in [1.29, 1.82) is 0 Å². The second-order valence-electron chi connectivity index (χ2n) is 3.84. The highest BCUT2D eigenvalue weighted by Gasteiger charge is 2.08. The third kappa shape index (κ3) is 1.71. The van der Waals surface area contributed by atoms with Gasteiger partial charge in [-0.1, -0.05) is 12.1 Å². The summed E-state index contributed by atoms with van der Waals surface area (Å²) >= 11 is 0. The molecule has 5 heteroatoms. The maximum Gasteiger partial charge on any atom is 0.276 e. The molecule has 0 saturated heterocycles. The van der Waals surface area contributed by atoms with Crippen LogP contribution >= 0.6 is 0 Å². The quantitative estimate of drug-likeness (QED) is 0.677. The summed E-state index contributed by atoms with van der Waals surface area (Å²) in [7, 11) is 0. The van der Waals surface area contributed by atoms with Crippen LogP contribution in [0, 0.1) is 0 Å². The molecule has 1 aromatic carbocycles. The van der Waals surface area contributed by atoms with Crippen molar-refractivity contribution < 1.29 is 5.11 Å². The zero-order valence-electron chi connectivity index (χ0n) is 9.29. The van der Waals surface area contributed by atoms with Gasteiger partial charge >= 0.3 is 0 Å². The van der Waals surface area contributed by atoms with E-state index in [9.17, 15) is 9.90 Å². The first-order valence-electron chi connectivity index (χ1n) is 5.38. The van der Waals surface area contributed by atoms with Gasteiger partial charge in [0.15, 0.2) is 5.65 Å². The van der Waals surface area contributed by atoms with Crippen molar-refractivity contribution in [3.05, 3.63) is 52.9 Å². The van der Waals surface area contributed by atoms with Crippen LogP contribution in [0.25, 0.3) is 22.4 Å². The van der Waals surface area contributed by atoms with Crippen molar-refractivity contribution in [2.24, 2.45) is 0 Å². The van der Waals surface area contributed by atoms with Gasteiger partial charge in [0.25, 0.3) is 5.56 Å². The van der Waals surface area contributed by atoms with E-state index in [4.69, 9.17) is 0 Å². The topological polar surface area (TPSA) is 78.9 Å². The van der Waals surface area contributed by atoms with E-state index in [2.05, 4.69) is 15.0 Å². The highest BCUT2D eigenvalue weighted by molar-refractivity contribution is 5.73. The molecule has 0 spiro atoms. The molecule has 18 heavy (non-hydrogen) atoms. The monoisotopic (exact) mass is 239 g/mol. The van der Waals surface area contributed by atoms with E-state index < -0.39 is 0 Å². The van der Waals surface area contributed by atoms with Gasteiger partial charge in [-0.3, -0.25) is 4.79 Å². The summed E-state index contributed by atoms with van der Waals surface area (Å²) in [6, 6.07) is 9.95. The molecule has 0 bridgehead atoms. The third-order valence-corrected chi connectivity index (χ3v) is 2.59. The highest BCUT2D eigenvalue weighted by atomic mass is 16.3. The molecule has 2 aromatic heterocycles. The molecule has 2 heterocycles. The average Bonchev–Trinajstić information content (AvgIpc) is 2.38. The lowest BCUT2D eigenvalue weighted by Gasteiger charge is -2.02. The molecule has 3 rings (SSSR count). The van der Waals surface area contributed by atoms with Crippen molar-refractivity contribution in [2.75, 3.05) is 0 Å². The number of phenols is 1. The average molecular weight is 239 g/mol. The number of fused-ring (bicyclic) bond motifs is 1. The molecule has 0 aliphatic carbocycles. The Morgan fingerprint density at radius 1 is 1.17 bits per heavy atom. The second-order valence-corrected chi connectivity index (χ2v) is 3.84. The summed E-state index contributed by atoms with van der Waals surface area (Å²) in [5.41, 5.74) is 1.57. The number of pyridine rings is 1. The van der Waals surface area contributed by atoms with E-state index >= 15 is 0 Å². The Morgan fingerprint density at radius 3 is 2.89 bits per heavy atom. The molecule has 88 valence electrons. The number of benzene rings is 1. The fourth-order valence-corrected chi connectivity index (χ4v) is 1.77. The second kappa shape index (κ2) is 3.96. The molecule has 0 atom stereocenters. The summed E-state index contributed by atoms with van der Waals surface area (Å²) in [4.78, 5) is 22.9. The Hall–Kier alpha value is -2.69. The van der Waals surface area contributed by atoms with E-state index in [-0.39, 0.29) is 17.0 Å². The highest BCUT2D eigenvalue weighted by Crippen LogP contribution is 2.19. The van der Waals surface area contributed by atoms with Gasteiger partial charge in [-0.25, -0.2) is 9.97 Å². The largest absolute Gasteiger partial charge is 0.508 e. The number of aromatic amines is 1. The van der Waals surface area contributed by atoms with Crippen LogP contribution in [-0.4, -0.2) is 20.1 Å². The van der Waals surface area contributed by atoms with E-state index in [1.165, 1.54) is 6.07 Å². The molecule has 0 saturated carbocycles. The predicted molar refractivity (Wildman–Crippen MR) is 67.3 cm³/mol. The zero-order valence-corrected chi connectivity index (χ0v) is 9.29. The third-order valence-electron chi connectivity index (χ3n) is 2.59. The first-order chi connectivity index (χ1) is 8.74. The lowest BCUT2D eigenvalue weighted by Crippen LogP contribution is -2.11. The van der Waals surface area contributed by atoms with Crippen molar-refractivity contribution in [2.45, 2.75) is 0 Å². The van der Waals surface area contributed by atoms with Crippen LogP contribution in [0.4, 0.5) is 0 Å². The van der Waals surface area contributed by atoms with Crippen molar-refractivity contribution in [3.8, 4) is 17.0 Å². The Kier molecular flexibility index (Phi) is 2.30. The van der Waals surface area contributed by atoms with Gasteiger partial charge in [0.1, 0.15) is 17.0 Å². The molecular formula is C13H9N3O2. The van der Waals surface area contributed by atoms with E-state index in [1.54, 1.807) is 36.5 Å². The SMILES string of the molecule is O=c1[nH]c2ncccc2nc1-c1cccc(O)c1. The number of nitrogens with one attached hydrogen (secondary N) is 1. The van der Waals surface area contributed by atoms with Gasteiger partial charge in [0.2, 0.25) is 0 Å². The fraction of sp³-hybridized carbons (Fsp3) is 0. The summed E-state index contributed by atoms with van der Waals surface area (Å²) in [6.45, 7) is 0. The summed E-state index contributed by atoms with van der Waals surface area (Å²) < 4.78 is 0. The number of aromatic nitrogens is 3. The van der Waals surface area contributed by atoms with Gasteiger partial charge in [-0.2, -0.15) is 0 Å². The fourth-order valence-electron chi connectivity index (χ4n) is 1.77. The molecule has 0 fully saturated rings. The Bertz CT molecular complexity index is 780. The van der Waals surface area contributed by atoms with Gasteiger partial charge in [0, 0.05) is 11.8 Å². The number of rotatable bonds is 1. The van der Waals surface area contributed by atoms with Crippen LogP contribution < -0.4 is 5.56 Å². The van der Waals surface area contributed by atoms with Crippen LogP contribution in [0.15, 0.2) is 47.4 Å². The Labute approximate surface area is 102 Å². The van der Waals surface area contributed by atoms with Gasteiger partial charge in [-0.15, -0.1) is 0 Å². The molecule has 2 N–H and O–H groups in total. The summed E-state index contributed by atoms with van der Waals surface area (Å²) in [5.74, 6) is 0.0972. The first-order valence-corrected chi connectivity index (χ1v) is 5.38. The first kappa shape index (κ1) is 10.5. The lowest BCUT2D eigenvalue weighted by atomic mass is 10.1. The molecule has 0 aliphatic rings. The molecule has 3 aromatic rings. The number of hydrogen-bond acceptors (Lipinski definition) is 4. The smallest absolute Gasteiger partial charge is 0.276 e. The van der Waals surface area contributed by atoms with Crippen molar-refractivity contribution in [1.82, 2.24) is 15.0 Å². The van der Waals surface area contributed by atoms with Crippen LogP contribution in [0.5, 0.6) is 5.75 Å². The summed E-state index contributed by atoms with van der Waals surface area (Å²) in [6.07, 6.45) is 1.59. The van der Waals surface area contributed by atoms with Crippen molar-refractivity contribution in [3.63, 3.8) is 0 Å². The van der Waals surface area contributed by atoms with Gasteiger partial charge in [-0.05, 0) is 24.3 Å². The predicted octanol–water partition coefficient (Wildman–Crippen LogP) is 1.69. The van der Waals surface area contributed by atoms with Crippen molar-refractivity contribution >= 4 is 11.2 Å². The molecule has 0 radical (unpaired) electrons. The molecule has 0 unspecified atom stereocenters. The molecule has 0 aliphatic heterocycles. The maximum absolute atomic E-state index is 11.9. The van der Waals surface area contributed by atoms with Gasteiger partial charge < -0.3 is 10.1 Å². The minimum absolute atomic E-state index is 0.0972. The zero-order chi connectivity index (χ0) is 12.5. The molecule has 0 amide bonds. The number of hydrogen-bond donors (Lipinski definition) is 2. The number of H-pyrrole nitrogens is 1. The van der Waals surface area contributed by atoms with Crippen LogP contribution in [-0.2, 0) is 0 Å². The van der Waals surface area contributed by atoms with Crippen LogP contribution in [0.3, 0.4) is 0 Å². The minimum atomic E-state index is -0.327. The maximum atomic E-state index is 11.9. The number of phenolic OH excluding ortho intramolecular Hbond substituents is 1. The van der Waals surface area contributed by atoms with Crippen LogP contribution in [0.2, 0.25) is 0 Å². The van der Waals surface area contributed by atoms with E-state index in [0.717, 1.165) is 0 Å². The molecule has 5 nitrogen and oxygen atoms in total. The lowest BCUT2D eigenvalue weighted by molar-refractivity contribution is 0.475. The van der Waals surface area contributed by atoms with E-state index in [1.807, 2.05) is 0 Å². The Morgan fingerprint density at radius 2 is 2.06 bits per heavy atom. The summed E-state index contributed by atoms with van der Waals surface area (Å²) in [5, 5.41) is 9.43. The standard InChI is InChI=1S/C13H9N3O2/c17-9-4-1-3-8(7-9)11-13(18)16-12-10(15-11)5-2-6-14-12/h1-7,17H,(H,14,16,18). The Balaban J connectivity index is 2.29.